The van der Waals surface area contributed by atoms with Crippen LogP contribution in [0, 0.1) is 0 Å². The van der Waals surface area contributed by atoms with E-state index in [0.29, 0.717) is 42.3 Å². The van der Waals surface area contributed by atoms with Crippen LogP contribution < -0.4 is 20.1 Å². The first-order valence-corrected chi connectivity index (χ1v) is 10.2. The van der Waals surface area contributed by atoms with Gasteiger partial charge in [0.2, 0.25) is 0 Å². The lowest BCUT2D eigenvalue weighted by Gasteiger charge is -2.22. The minimum Gasteiger partial charge on any atom is -0.486 e. The van der Waals surface area contributed by atoms with Gasteiger partial charge in [-0.15, -0.1) is 0 Å². The highest BCUT2D eigenvalue weighted by molar-refractivity contribution is 6.32. The summed E-state index contributed by atoms with van der Waals surface area (Å²) in [6.45, 7) is 11.7. The van der Waals surface area contributed by atoms with E-state index in [1.54, 1.807) is 7.05 Å². The first-order chi connectivity index (χ1) is 13.1. The highest BCUT2D eigenvalue weighted by Crippen LogP contribution is 2.38. The number of ether oxygens (including phenoxy) is 2. The van der Waals surface area contributed by atoms with Gasteiger partial charge in [-0.25, -0.2) is 0 Å². The zero-order valence-electron chi connectivity index (χ0n) is 17.0. The van der Waals surface area contributed by atoms with Gasteiger partial charge < -0.3 is 25.0 Å². The molecule has 1 aromatic rings. The Morgan fingerprint density at radius 3 is 2.70 bits per heavy atom. The van der Waals surface area contributed by atoms with Crippen molar-refractivity contribution in [2.24, 2.45) is 4.99 Å². The molecule has 0 aliphatic carbocycles. The SMILES string of the molecule is CCN(CC)CCCC(C)NC(=NC)NCc1cc(Cl)c2c(c1)OCCO2. The lowest BCUT2D eigenvalue weighted by Crippen LogP contribution is -2.42. The van der Waals surface area contributed by atoms with Gasteiger partial charge in [0, 0.05) is 19.6 Å². The maximum absolute atomic E-state index is 6.30. The zero-order chi connectivity index (χ0) is 19.6. The average Bonchev–Trinajstić information content (AvgIpc) is 2.68. The van der Waals surface area contributed by atoms with Crippen molar-refractivity contribution >= 4 is 17.6 Å². The highest BCUT2D eigenvalue weighted by atomic mass is 35.5. The van der Waals surface area contributed by atoms with Crippen LogP contribution in [0.4, 0.5) is 0 Å². The van der Waals surface area contributed by atoms with E-state index in [1.165, 1.54) is 6.42 Å². The van der Waals surface area contributed by atoms with Crippen molar-refractivity contribution in [3.8, 4) is 11.5 Å². The van der Waals surface area contributed by atoms with Crippen molar-refractivity contribution < 1.29 is 9.47 Å². The molecule has 27 heavy (non-hydrogen) atoms. The Morgan fingerprint density at radius 1 is 1.26 bits per heavy atom. The van der Waals surface area contributed by atoms with Gasteiger partial charge in [-0.3, -0.25) is 4.99 Å². The molecule has 0 spiro atoms. The van der Waals surface area contributed by atoms with E-state index >= 15 is 0 Å². The molecule has 0 saturated heterocycles. The third-order valence-corrected chi connectivity index (χ3v) is 5.01. The highest BCUT2D eigenvalue weighted by Gasteiger charge is 2.16. The van der Waals surface area contributed by atoms with Crippen molar-refractivity contribution in [3.63, 3.8) is 0 Å². The van der Waals surface area contributed by atoms with Crippen LogP contribution in [0.1, 0.15) is 39.2 Å². The molecule has 0 radical (unpaired) electrons. The number of nitrogens with zero attached hydrogens (tertiary/aromatic N) is 2. The van der Waals surface area contributed by atoms with Crippen LogP contribution in [-0.4, -0.2) is 56.8 Å². The smallest absolute Gasteiger partial charge is 0.191 e. The second-order valence-electron chi connectivity index (χ2n) is 6.74. The van der Waals surface area contributed by atoms with Crippen LogP contribution >= 0.6 is 11.6 Å². The van der Waals surface area contributed by atoms with Crippen LogP contribution in [0.15, 0.2) is 17.1 Å². The summed E-state index contributed by atoms with van der Waals surface area (Å²) < 4.78 is 11.2. The van der Waals surface area contributed by atoms with Gasteiger partial charge in [-0.05, 0) is 57.1 Å². The van der Waals surface area contributed by atoms with E-state index in [0.717, 1.165) is 37.6 Å². The van der Waals surface area contributed by atoms with Crippen LogP contribution in [0.5, 0.6) is 11.5 Å². The maximum Gasteiger partial charge on any atom is 0.191 e. The largest absolute Gasteiger partial charge is 0.486 e. The molecule has 6 nitrogen and oxygen atoms in total. The molecule has 0 fully saturated rings. The molecule has 7 heteroatoms. The molecule has 0 aromatic heterocycles. The maximum atomic E-state index is 6.30. The lowest BCUT2D eigenvalue weighted by atomic mass is 10.1. The number of guanidine groups is 1. The molecule has 1 aromatic carbocycles. The van der Waals surface area contributed by atoms with Crippen molar-refractivity contribution in [1.82, 2.24) is 15.5 Å². The minimum absolute atomic E-state index is 0.357. The second kappa shape index (κ2) is 11.2. The number of halogens is 1. The van der Waals surface area contributed by atoms with Gasteiger partial charge in [0.1, 0.15) is 13.2 Å². The predicted molar refractivity (Wildman–Crippen MR) is 112 cm³/mol. The first-order valence-electron chi connectivity index (χ1n) is 9.84. The summed E-state index contributed by atoms with van der Waals surface area (Å²) in [6.07, 6.45) is 2.28. The summed E-state index contributed by atoms with van der Waals surface area (Å²) in [5.41, 5.74) is 1.03. The molecule has 1 aliphatic heterocycles. The molecule has 1 heterocycles. The molecule has 1 unspecified atom stereocenters. The van der Waals surface area contributed by atoms with Crippen molar-refractivity contribution in [2.45, 2.75) is 46.2 Å². The molecule has 0 saturated carbocycles. The molecule has 0 bridgehead atoms. The Hall–Kier alpha value is -1.66. The van der Waals surface area contributed by atoms with Gasteiger partial charge >= 0.3 is 0 Å². The molecule has 1 aliphatic rings. The van der Waals surface area contributed by atoms with E-state index in [2.05, 4.69) is 41.3 Å². The molecular formula is C20H33ClN4O2. The standard InChI is InChI=1S/C20H33ClN4O2/c1-5-25(6-2)9-7-8-15(3)24-20(22-4)23-14-16-12-17(21)19-18(13-16)26-10-11-27-19/h12-13,15H,5-11,14H2,1-4H3,(H2,22,23,24). The van der Waals surface area contributed by atoms with E-state index in [-0.39, 0.29) is 0 Å². The van der Waals surface area contributed by atoms with E-state index < -0.39 is 0 Å². The fourth-order valence-corrected chi connectivity index (χ4v) is 3.40. The molecule has 2 rings (SSSR count). The summed E-state index contributed by atoms with van der Waals surface area (Å²) in [6, 6.07) is 4.23. The van der Waals surface area contributed by atoms with Crippen LogP contribution in [0.3, 0.4) is 0 Å². The summed E-state index contributed by atoms with van der Waals surface area (Å²) in [4.78, 5) is 6.77. The Kier molecular flexibility index (Phi) is 9.01. The minimum atomic E-state index is 0.357. The molecule has 0 amide bonds. The molecule has 2 N–H and O–H groups in total. The second-order valence-corrected chi connectivity index (χ2v) is 7.15. The van der Waals surface area contributed by atoms with E-state index in [4.69, 9.17) is 21.1 Å². The molecular weight excluding hydrogens is 364 g/mol. The van der Waals surface area contributed by atoms with Gasteiger partial charge in [-0.1, -0.05) is 25.4 Å². The molecule has 1 atom stereocenters. The topological polar surface area (TPSA) is 58.1 Å². The first kappa shape index (κ1) is 21.6. The number of hydrogen-bond donors (Lipinski definition) is 2. The fourth-order valence-electron chi connectivity index (χ4n) is 3.11. The van der Waals surface area contributed by atoms with Crippen LogP contribution in [0.2, 0.25) is 5.02 Å². The third-order valence-electron chi connectivity index (χ3n) is 4.73. The Balaban J connectivity index is 1.81. The molecule has 152 valence electrons. The van der Waals surface area contributed by atoms with Gasteiger partial charge in [-0.2, -0.15) is 0 Å². The van der Waals surface area contributed by atoms with Crippen LogP contribution in [0.25, 0.3) is 0 Å². The fraction of sp³-hybridized carbons (Fsp3) is 0.650. The number of fused-ring (bicyclic) bond motifs is 1. The van der Waals surface area contributed by atoms with Gasteiger partial charge in [0.25, 0.3) is 0 Å². The van der Waals surface area contributed by atoms with Crippen LogP contribution in [-0.2, 0) is 6.54 Å². The number of hydrogen-bond acceptors (Lipinski definition) is 4. The van der Waals surface area contributed by atoms with Gasteiger partial charge in [0.05, 0.1) is 5.02 Å². The van der Waals surface area contributed by atoms with Crippen molar-refractivity contribution in [3.05, 3.63) is 22.7 Å². The average molecular weight is 397 g/mol. The van der Waals surface area contributed by atoms with E-state index in [1.807, 2.05) is 12.1 Å². The number of aliphatic imine (C=N–C) groups is 1. The van der Waals surface area contributed by atoms with Gasteiger partial charge in [0.15, 0.2) is 17.5 Å². The van der Waals surface area contributed by atoms with Crippen molar-refractivity contribution in [2.75, 3.05) is 39.9 Å². The number of rotatable bonds is 9. The summed E-state index contributed by atoms with van der Waals surface area (Å²) in [5.74, 6) is 2.13. The number of benzene rings is 1. The quantitative estimate of drug-likeness (QED) is 0.495. The predicted octanol–water partition coefficient (Wildman–Crippen LogP) is 3.29. The Morgan fingerprint density at radius 2 is 2.00 bits per heavy atom. The number of nitrogens with one attached hydrogen (secondary N) is 2. The summed E-state index contributed by atoms with van der Waals surface area (Å²) in [5, 5.41) is 7.38. The Labute approximate surface area is 168 Å². The lowest BCUT2D eigenvalue weighted by molar-refractivity contribution is 0.171. The van der Waals surface area contributed by atoms with E-state index in [9.17, 15) is 0 Å². The zero-order valence-corrected chi connectivity index (χ0v) is 17.7. The van der Waals surface area contributed by atoms with Crippen molar-refractivity contribution in [1.29, 1.82) is 0 Å². The Bertz CT molecular complexity index is 620. The normalized spacial score (nSPS) is 15.0. The third kappa shape index (κ3) is 6.78. The summed E-state index contributed by atoms with van der Waals surface area (Å²) >= 11 is 6.30. The summed E-state index contributed by atoms with van der Waals surface area (Å²) in [7, 11) is 1.79. The monoisotopic (exact) mass is 396 g/mol.